The first-order valence-corrected chi connectivity index (χ1v) is 12.1. The van der Waals surface area contributed by atoms with Crippen LogP contribution in [-0.4, -0.2) is 21.2 Å². The Morgan fingerprint density at radius 3 is 1.37 bits per heavy atom. The fraction of sp³-hybridized carbons (Fsp3) is 0.333. The predicted octanol–water partition coefficient (Wildman–Crippen LogP) is 5.93. The first-order valence-electron chi connectivity index (χ1n) is 12.1. The molecule has 0 heterocycles. The summed E-state index contributed by atoms with van der Waals surface area (Å²) in [6, 6.07) is 19.1. The summed E-state index contributed by atoms with van der Waals surface area (Å²) in [4.78, 5) is 27.6. The van der Waals surface area contributed by atoms with Gasteiger partial charge in [-0.1, -0.05) is 64.1 Å². The SMILES string of the molecule is CNc1cc(C(C)C)ccc(C(c2ccc(OC)cc2)c2ccc(C(C)C)cc(NC)c2=O)c1=O. The highest BCUT2D eigenvalue weighted by Crippen LogP contribution is 2.32. The predicted molar refractivity (Wildman–Crippen MR) is 147 cm³/mol. The minimum Gasteiger partial charge on any atom is -0.497 e. The van der Waals surface area contributed by atoms with E-state index in [9.17, 15) is 9.59 Å². The van der Waals surface area contributed by atoms with Crippen molar-refractivity contribution in [3.63, 3.8) is 0 Å². The number of hydrogen-bond donors (Lipinski definition) is 2. The molecule has 0 radical (unpaired) electrons. The molecule has 0 saturated carbocycles. The van der Waals surface area contributed by atoms with Crippen molar-refractivity contribution in [3.8, 4) is 5.75 Å². The largest absolute Gasteiger partial charge is 0.497 e. The van der Waals surface area contributed by atoms with Gasteiger partial charge in [0.25, 0.3) is 0 Å². The molecule has 3 rings (SSSR count). The Kier molecular flexibility index (Phi) is 8.34. The van der Waals surface area contributed by atoms with Crippen LogP contribution in [0.25, 0.3) is 0 Å². The Morgan fingerprint density at radius 1 is 0.629 bits per heavy atom. The van der Waals surface area contributed by atoms with Gasteiger partial charge in [-0.3, -0.25) is 9.59 Å². The van der Waals surface area contributed by atoms with Crippen LogP contribution in [0.5, 0.6) is 5.75 Å². The fourth-order valence-electron chi connectivity index (χ4n) is 4.26. The van der Waals surface area contributed by atoms with Gasteiger partial charge < -0.3 is 15.4 Å². The quantitative estimate of drug-likeness (QED) is 0.426. The summed E-state index contributed by atoms with van der Waals surface area (Å²) < 4.78 is 5.35. The smallest absolute Gasteiger partial charge is 0.205 e. The zero-order chi connectivity index (χ0) is 25.7. The maximum absolute atomic E-state index is 13.8. The summed E-state index contributed by atoms with van der Waals surface area (Å²) in [5.41, 5.74) is 4.80. The molecular formula is C30H36N2O3. The molecule has 5 nitrogen and oxygen atoms in total. The van der Waals surface area contributed by atoms with Crippen LogP contribution >= 0.6 is 0 Å². The Balaban J connectivity index is 2.44. The molecule has 35 heavy (non-hydrogen) atoms. The molecule has 5 heteroatoms. The van der Waals surface area contributed by atoms with Crippen LogP contribution in [0.1, 0.15) is 73.3 Å². The highest BCUT2D eigenvalue weighted by atomic mass is 16.5. The number of benzene rings is 1. The van der Waals surface area contributed by atoms with E-state index in [1.165, 1.54) is 0 Å². The summed E-state index contributed by atoms with van der Waals surface area (Å²) in [7, 11) is 5.12. The molecule has 0 aliphatic rings. The second-order valence-electron chi connectivity index (χ2n) is 9.37. The van der Waals surface area contributed by atoms with Gasteiger partial charge in [0, 0.05) is 31.1 Å². The summed E-state index contributed by atoms with van der Waals surface area (Å²) in [5.74, 6) is 0.649. The highest BCUT2D eigenvalue weighted by Gasteiger charge is 2.24. The average molecular weight is 473 g/mol. The Labute approximate surface area is 208 Å². The first-order chi connectivity index (χ1) is 16.7. The molecule has 2 N–H and O–H groups in total. The van der Waals surface area contributed by atoms with E-state index in [1.54, 1.807) is 21.2 Å². The second-order valence-corrected chi connectivity index (χ2v) is 9.37. The van der Waals surface area contributed by atoms with Crippen molar-refractivity contribution < 1.29 is 4.74 Å². The first kappa shape index (κ1) is 26.0. The average Bonchev–Trinajstić information content (AvgIpc) is 3.12. The van der Waals surface area contributed by atoms with E-state index in [4.69, 9.17) is 4.74 Å². The molecule has 3 aromatic carbocycles. The molecule has 0 amide bonds. The number of hydrogen-bond acceptors (Lipinski definition) is 5. The Bertz CT molecular complexity index is 1220. The number of anilines is 2. The number of methoxy groups -OCH3 is 1. The summed E-state index contributed by atoms with van der Waals surface area (Å²) in [5, 5.41) is 6.14. The lowest BCUT2D eigenvalue weighted by Gasteiger charge is -2.17. The third kappa shape index (κ3) is 5.56. The van der Waals surface area contributed by atoms with E-state index in [0.717, 1.165) is 16.7 Å². The van der Waals surface area contributed by atoms with Crippen molar-refractivity contribution >= 4 is 11.4 Å². The topological polar surface area (TPSA) is 67.4 Å². The molecule has 3 aromatic rings. The van der Waals surface area contributed by atoms with Crippen LogP contribution in [0.2, 0.25) is 0 Å². The van der Waals surface area contributed by atoms with Gasteiger partial charge in [-0.25, -0.2) is 0 Å². The maximum Gasteiger partial charge on any atom is 0.205 e. The fourth-order valence-corrected chi connectivity index (χ4v) is 4.26. The van der Waals surface area contributed by atoms with E-state index < -0.39 is 5.92 Å². The van der Waals surface area contributed by atoms with Gasteiger partial charge >= 0.3 is 0 Å². The molecule has 0 aromatic heterocycles. The van der Waals surface area contributed by atoms with Crippen LogP contribution in [0.4, 0.5) is 11.4 Å². The lowest BCUT2D eigenvalue weighted by molar-refractivity contribution is 0.414. The van der Waals surface area contributed by atoms with Crippen LogP contribution in [-0.2, 0) is 0 Å². The number of nitrogens with one attached hydrogen (secondary N) is 2. The van der Waals surface area contributed by atoms with Gasteiger partial charge in [-0.15, -0.1) is 0 Å². The monoisotopic (exact) mass is 472 g/mol. The molecule has 0 atom stereocenters. The molecular weight excluding hydrogens is 436 g/mol. The molecule has 0 unspecified atom stereocenters. The van der Waals surface area contributed by atoms with E-state index in [-0.39, 0.29) is 22.7 Å². The molecule has 0 aliphatic heterocycles. The number of ether oxygens (including phenoxy) is 1. The van der Waals surface area contributed by atoms with E-state index >= 15 is 0 Å². The van der Waals surface area contributed by atoms with Gasteiger partial charge in [0.1, 0.15) is 5.75 Å². The van der Waals surface area contributed by atoms with Gasteiger partial charge in [0.05, 0.1) is 18.5 Å². The van der Waals surface area contributed by atoms with E-state index in [2.05, 4.69) is 38.3 Å². The van der Waals surface area contributed by atoms with Crippen molar-refractivity contribution in [2.75, 3.05) is 31.8 Å². The van der Waals surface area contributed by atoms with Crippen molar-refractivity contribution in [1.29, 1.82) is 0 Å². The standard InChI is InChI=1S/C30H36N2O3/c1-18(2)21-10-14-24(29(33)26(16-21)31-5)28(20-8-12-23(35-7)13-9-20)25-15-11-22(19(3)4)17-27(32-6)30(25)34/h8-19,28H,1-7H3,(H,31,33)(H,32,34). The maximum atomic E-state index is 13.8. The normalized spacial score (nSPS) is 11.1. The zero-order valence-electron chi connectivity index (χ0n) is 21.7. The summed E-state index contributed by atoms with van der Waals surface area (Å²) in [6.07, 6.45) is 0. The van der Waals surface area contributed by atoms with Gasteiger partial charge in [-0.05, 0) is 52.8 Å². The lowest BCUT2D eigenvalue weighted by Crippen LogP contribution is -2.21. The molecule has 0 spiro atoms. The Hall–Kier alpha value is -3.60. The van der Waals surface area contributed by atoms with Gasteiger partial charge in [0.15, 0.2) is 0 Å². The van der Waals surface area contributed by atoms with Crippen molar-refractivity contribution in [1.82, 2.24) is 0 Å². The van der Waals surface area contributed by atoms with Crippen molar-refractivity contribution in [3.05, 3.63) is 109 Å². The van der Waals surface area contributed by atoms with Gasteiger partial charge in [-0.2, -0.15) is 0 Å². The number of rotatable bonds is 8. The third-order valence-electron chi connectivity index (χ3n) is 6.49. The summed E-state index contributed by atoms with van der Waals surface area (Å²) >= 11 is 0. The molecule has 0 bridgehead atoms. The summed E-state index contributed by atoms with van der Waals surface area (Å²) in [6.45, 7) is 8.39. The molecule has 0 fully saturated rings. The minimum absolute atomic E-state index is 0.124. The Morgan fingerprint density at radius 2 is 1.03 bits per heavy atom. The molecule has 184 valence electrons. The van der Waals surface area contributed by atoms with Crippen LogP contribution in [0.15, 0.2) is 70.3 Å². The van der Waals surface area contributed by atoms with Crippen LogP contribution in [0.3, 0.4) is 0 Å². The minimum atomic E-state index is -0.556. The van der Waals surface area contributed by atoms with Gasteiger partial charge in [0.2, 0.25) is 10.9 Å². The van der Waals surface area contributed by atoms with E-state index in [0.29, 0.717) is 28.3 Å². The van der Waals surface area contributed by atoms with Crippen molar-refractivity contribution in [2.45, 2.75) is 45.4 Å². The van der Waals surface area contributed by atoms with E-state index in [1.807, 2.05) is 60.7 Å². The third-order valence-corrected chi connectivity index (χ3v) is 6.49. The second kappa shape index (κ2) is 11.2. The lowest BCUT2D eigenvalue weighted by atomic mass is 9.85. The zero-order valence-corrected chi connectivity index (χ0v) is 21.7. The molecule has 0 aliphatic carbocycles. The molecule has 0 saturated heterocycles. The van der Waals surface area contributed by atoms with Crippen LogP contribution in [0, 0.1) is 0 Å². The van der Waals surface area contributed by atoms with Crippen LogP contribution < -0.4 is 26.2 Å². The van der Waals surface area contributed by atoms with Crippen molar-refractivity contribution in [2.24, 2.45) is 0 Å². The highest BCUT2D eigenvalue weighted by molar-refractivity contribution is 5.55.